The van der Waals surface area contributed by atoms with Gasteiger partial charge in [0.25, 0.3) is 5.91 Å². The Morgan fingerprint density at radius 3 is 2.44 bits per heavy atom. The topological polar surface area (TPSA) is 105 Å². The molecule has 2 N–H and O–H groups in total. The van der Waals surface area contributed by atoms with Crippen LogP contribution in [0.5, 0.6) is 0 Å². The van der Waals surface area contributed by atoms with Crippen LogP contribution < -0.4 is 10.6 Å². The van der Waals surface area contributed by atoms with Crippen LogP contribution in [0.25, 0.3) is 10.2 Å². The number of nitrogens with one attached hydrogen (secondary N) is 2. The number of sulfone groups is 1. The minimum atomic E-state index is -3.35. The summed E-state index contributed by atoms with van der Waals surface area (Å²) in [5.74, 6) is -0.740. The van der Waals surface area contributed by atoms with Gasteiger partial charge >= 0.3 is 0 Å². The van der Waals surface area contributed by atoms with Crippen molar-refractivity contribution in [1.82, 2.24) is 10.3 Å². The number of benzene rings is 3. The van der Waals surface area contributed by atoms with E-state index >= 15 is 0 Å². The minimum absolute atomic E-state index is 0.0370. The van der Waals surface area contributed by atoms with E-state index in [0.29, 0.717) is 25.9 Å². The second-order valence-electron chi connectivity index (χ2n) is 7.59. The molecule has 0 aliphatic heterocycles. The molecule has 0 bridgehead atoms. The van der Waals surface area contributed by atoms with Crippen LogP contribution in [0, 0.1) is 0 Å². The lowest BCUT2D eigenvalue weighted by atomic mass is 10.0. The van der Waals surface area contributed by atoms with Gasteiger partial charge in [-0.05, 0) is 35.9 Å². The van der Waals surface area contributed by atoms with E-state index in [0.717, 1.165) is 11.8 Å². The van der Waals surface area contributed by atoms with E-state index in [1.54, 1.807) is 30.3 Å². The number of halogens is 1. The minimum Gasteiger partial charge on any atom is -0.345 e. The highest BCUT2D eigenvalue weighted by molar-refractivity contribution is 7.90. The van der Waals surface area contributed by atoms with Crippen molar-refractivity contribution in [3.05, 3.63) is 88.9 Å². The molecule has 3 aromatic carbocycles. The van der Waals surface area contributed by atoms with Crippen molar-refractivity contribution in [3.8, 4) is 0 Å². The first-order valence-corrected chi connectivity index (χ1v) is 13.3. The number of thiazole rings is 1. The zero-order valence-corrected chi connectivity index (χ0v) is 20.4. The average Bonchev–Trinajstić information content (AvgIpc) is 3.20. The Kier molecular flexibility index (Phi) is 6.97. The van der Waals surface area contributed by atoms with E-state index in [9.17, 15) is 18.0 Å². The molecule has 1 aromatic heterocycles. The molecule has 0 spiro atoms. The van der Waals surface area contributed by atoms with Crippen LogP contribution in [-0.2, 0) is 14.6 Å². The highest BCUT2D eigenvalue weighted by atomic mass is 35.5. The van der Waals surface area contributed by atoms with Crippen LogP contribution in [0.1, 0.15) is 28.4 Å². The van der Waals surface area contributed by atoms with E-state index in [-0.39, 0.29) is 23.1 Å². The number of hydrogen-bond acceptors (Lipinski definition) is 6. The van der Waals surface area contributed by atoms with Gasteiger partial charge in [-0.3, -0.25) is 9.59 Å². The lowest BCUT2D eigenvalue weighted by Crippen LogP contribution is -2.31. The number of carbonyl (C=O) groups is 2. The predicted molar refractivity (Wildman–Crippen MR) is 134 cm³/mol. The zero-order valence-electron chi connectivity index (χ0n) is 18.0. The first kappa shape index (κ1) is 23.9. The van der Waals surface area contributed by atoms with Crippen LogP contribution in [-0.4, -0.2) is 31.5 Å². The normalized spacial score (nSPS) is 12.3. The number of rotatable bonds is 7. The summed E-state index contributed by atoms with van der Waals surface area (Å²) in [4.78, 5) is 30.3. The maximum atomic E-state index is 12.9. The number of amides is 2. The summed E-state index contributed by atoms with van der Waals surface area (Å²) >= 11 is 7.33. The Hall–Kier alpha value is -3.27. The summed E-state index contributed by atoms with van der Waals surface area (Å²) in [7, 11) is -3.35. The third-order valence-corrected chi connectivity index (χ3v) is 7.42. The Bertz CT molecular complexity index is 1470. The molecule has 0 aliphatic carbocycles. The largest absolute Gasteiger partial charge is 0.345 e. The van der Waals surface area contributed by atoms with E-state index < -0.39 is 15.9 Å². The number of nitrogens with zero attached hydrogens (tertiary/aromatic N) is 1. The molecule has 2 amide bonds. The smallest absolute Gasteiger partial charge is 0.253 e. The van der Waals surface area contributed by atoms with Gasteiger partial charge in [0.2, 0.25) is 5.91 Å². The van der Waals surface area contributed by atoms with E-state index in [2.05, 4.69) is 15.6 Å². The standard InChI is InChI=1S/C24H20ClN3O4S2/c1-34(31,32)16-11-12-19-21(13-16)33-24(27-19)28-22(29)14-20(15-7-3-2-4-8-15)26-23(30)17-9-5-6-10-18(17)25/h2-13,20H,14H2,1H3,(H,26,30)(H,27,28,29)/t20-/m1/s1. The summed E-state index contributed by atoms with van der Waals surface area (Å²) in [5.41, 5.74) is 1.66. The van der Waals surface area contributed by atoms with E-state index in [1.165, 1.54) is 23.5 Å². The molecule has 10 heteroatoms. The lowest BCUT2D eigenvalue weighted by Gasteiger charge is -2.19. The number of carbonyl (C=O) groups excluding carboxylic acids is 2. The monoisotopic (exact) mass is 513 g/mol. The van der Waals surface area contributed by atoms with E-state index in [4.69, 9.17) is 11.6 Å². The summed E-state index contributed by atoms with van der Waals surface area (Å²) in [6.07, 6.45) is 1.10. The first-order valence-electron chi connectivity index (χ1n) is 10.2. The summed E-state index contributed by atoms with van der Waals surface area (Å²) < 4.78 is 24.2. The Morgan fingerprint density at radius 2 is 1.74 bits per heavy atom. The van der Waals surface area contributed by atoms with Gasteiger partial charge in [-0.1, -0.05) is 65.4 Å². The highest BCUT2D eigenvalue weighted by Gasteiger charge is 2.21. The van der Waals surface area contributed by atoms with Crippen LogP contribution >= 0.6 is 22.9 Å². The molecule has 34 heavy (non-hydrogen) atoms. The fourth-order valence-corrected chi connectivity index (χ4v) is 5.23. The zero-order chi connectivity index (χ0) is 24.3. The van der Waals surface area contributed by atoms with Crippen LogP contribution in [0.3, 0.4) is 0 Å². The molecular formula is C24H20ClN3O4S2. The van der Waals surface area contributed by atoms with Gasteiger partial charge in [-0.15, -0.1) is 0 Å². The molecule has 0 radical (unpaired) electrons. The van der Waals surface area contributed by atoms with Crippen molar-refractivity contribution in [3.63, 3.8) is 0 Å². The number of anilines is 1. The molecule has 1 heterocycles. The maximum Gasteiger partial charge on any atom is 0.253 e. The second-order valence-corrected chi connectivity index (χ2v) is 11.0. The molecule has 0 unspecified atom stereocenters. The van der Waals surface area contributed by atoms with Gasteiger partial charge < -0.3 is 10.6 Å². The van der Waals surface area contributed by atoms with Gasteiger partial charge in [0, 0.05) is 6.26 Å². The van der Waals surface area contributed by atoms with Gasteiger partial charge in [0.05, 0.1) is 38.2 Å². The first-order chi connectivity index (χ1) is 16.2. The molecular weight excluding hydrogens is 494 g/mol. The third kappa shape index (κ3) is 5.61. The van der Waals surface area contributed by atoms with Crippen molar-refractivity contribution >= 4 is 59.9 Å². The van der Waals surface area contributed by atoms with Crippen molar-refractivity contribution in [2.24, 2.45) is 0 Å². The van der Waals surface area contributed by atoms with Crippen molar-refractivity contribution < 1.29 is 18.0 Å². The Balaban J connectivity index is 1.53. The number of aromatic nitrogens is 1. The lowest BCUT2D eigenvalue weighted by molar-refractivity contribution is -0.116. The Morgan fingerprint density at radius 1 is 1.03 bits per heavy atom. The van der Waals surface area contributed by atoms with Crippen LogP contribution in [0.2, 0.25) is 5.02 Å². The molecule has 4 rings (SSSR count). The number of hydrogen-bond donors (Lipinski definition) is 2. The van der Waals surface area contributed by atoms with E-state index in [1.807, 2.05) is 30.3 Å². The fourth-order valence-electron chi connectivity index (χ4n) is 3.36. The van der Waals surface area contributed by atoms with Gasteiger partial charge in [-0.25, -0.2) is 13.4 Å². The molecule has 1 atom stereocenters. The quantitative estimate of drug-likeness (QED) is 0.367. The van der Waals surface area contributed by atoms with Gasteiger partial charge in [0.1, 0.15) is 0 Å². The van der Waals surface area contributed by atoms with Gasteiger partial charge in [0.15, 0.2) is 15.0 Å². The fraction of sp³-hybridized carbons (Fsp3) is 0.125. The van der Waals surface area contributed by atoms with Crippen molar-refractivity contribution in [1.29, 1.82) is 0 Å². The average molecular weight is 514 g/mol. The van der Waals surface area contributed by atoms with Crippen molar-refractivity contribution in [2.75, 3.05) is 11.6 Å². The molecule has 0 aliphatic rings. The highest BCUT2D eigenvalue weighted by Crippen LogP contribution is 2.29. The van der Waals surface area contributed by atoms with Gasteiger partial charge in [-0.2, -0.15) is 0 Å². The van der Waals surface area contributed by atoms with Crippen molar-refractivity contribution in [2.45, 2.75) is 17.4 Å². The molecule has 0 saturated carbocycles. The summed E-state index contributed by atoms with van der Waals surface area (Å²) in [6.45, 7) is 0. The van der Waals surface area contributed by atoms with Crippen LogP contribution in [0.4, 0.5) is 5.13 Å². The maximum absolute atomic E-state index is 12.9. The van der Waals surface area contributed by atoms with Crippen LogP contribution in [0.15, 0.2) is 77.7 Å². The number of fused-ring (bicyclic) bond motifs is 1. The molecule has 7 nitrogen and oxygen atoms in total. The molecule has 174 valence electrons. The Labute approximate surface area is 205 Å². The second kappa shape index (κ2) is 9.92. The predicted octanol–water partition coefficient (Wildman–Crippen LogP) is 4.85. The summed E-state index contributed by atoms with van der Waals surface area (Å²) in [6, 6.07) is 19.9. The third-order valence-electron chi connectivity index (χ3n) is 5.05. The molecule has 4 aromatic rings. The molecule has 0 saturated heterocycles. The molecule has 0 fully saturated rings. The summed E-state index contributed by atoms with van der Waals surface area (Å²) in [5, 5.41) is 6.31. The SMILES string of the molecule is CS(=O)(=O)c1ccc2nc(NC(=O)C[C@@H](NC(=O)c3ccccc3Cl)c3ccccc3)sc2c1.